The first-order valence-electron chi connectivity index (χ1n) is 7.53. The third-order valence-electron chi connectivity index (χ3n) is 3.22. The summed E-state index contributed by atoms with van der Waals surface area (Å²) in [6.07, 6.45) is -2.07. The average Bonchev–Trinajstić information content (AvgIpc) is 2.64. The van der Waals surface area contributed by atoms with Crippen molar-refractivity contribution < 1.29 is 17.9 Å². The number of benzene rings is 2. The van der Waals surface area contributed by atoms with Gasteiger partial charge in [0, 0.05) is 11.8 Å². The summed E-state index contributed by atoms with van der Waals surface area (Å²) in [5, 5.41) is 4.10. The lowest BCUT2D eigenvalue weighted by atomic mass is 10.2. The zero-order chi connectivity index (χ0) is 18.4. The largest absolute Gasteiger partial charge is 0.433 e. The minimum absolute atomic E-state index is 0.283. The highest BCUT2D eigenvalue weighted by atomic mass is 19.4. The van der Waals surface area contributed by atoms with E-state index in [4.69, 9.17) is 4.74 Å². The van der Waals surface area contributed by atoms with Gasteiger partial charge in [-0.2, -0.15) is 23.3 Å². The quantitative estimate of drug-likeness (QED) is 0.529. The zero-order valence-corrected chi connectivity index (χ0v) is 13.3. The first-order valence-corrected chi connectivity index (χ1v) is 7.53. The Bertz CT molecular complexity index is 898. The van der Waals surface area contributed by atoms with E-state index in [9.17, 15) is 13.2 Å². The fourth-order valence-electron chi connectivity index (χ4n) is 2.02. The van der Waals surface area contributed by atoms with Gasteiger partial charge in [0.1, 0.15) is 5.75 Å². The van der Waals surface area contributed by atoms with Crippen molar-refractivity contribution in [3.8, 4) is 11.8 Å². The molecule has 5 nitrogen and oxygen atoms in total. The summed E-state index contributed by atoms with van der Waals surface area (Å²) in [6.45, 7) is 0. The van der Waals surface area contributed by atoms with Gasteiger partial charge in [-0.25, -0.2) is 4.98 Å². The summed E-state index contributed by atoms with van der Waals surface area (Å²) >= 11 is 0. The molecule has 0 aliphatic rings. The Labute approximate surface area is 147 Å². The van der Waals surface area contributed by atoms with Crippen molar-refractivity contribution in [2.45, 2.75) is 6.18 Å². The van der Waals surface area contributed by atoms with E-state index in [0.717, 1.165) is 18.0 Å². The lowest BCUT2D eigenvalue weighted by molar-refractivity contribution is -0.141. The highest BCUT2D eigenvalue weighted by molar-refractivity contribution is 5.84. The summed E-state index contributed by atoms with van der Waals surface area (Å²) < 4.78 is 43.6. The van der Waals surface area contributed by atoms with Gasteiger partial charge >= 0.3 is 12.2 Å². The number of hydrazone groups is 1. The normalized spacial score (nSPS) is 11.5. The van der Waals surface area contributed by atoms with Crippen molar-refractivity contribution in [2.75, 3.05) is 5.43 Å². The Hall–Kier alpha value is -3.42. The number of aromatic nitrogens is 2. The van der Waals surface area contributed by atoms with E-state index in [1.165, 1.54) is 6.21 Å². The molecule has 0 aliphatic heterocycles. The Morgan fingerprint density at radius 3 is 2.46 bits per heavy atom. The summed E-state index contributed by atoms with van der Waals surface area (Å²) in [4.78, 5) is 7.11. The standard InChI is InChI=1S/C18H13F3N4O/c19-18(20,21)16-10-11-22-17(24-16)26-15-9-5-4-6-13(15)12-23-25-14-7-2-1-3-8-14/h1-12,25H. The third-order valence-corrected chi connectivity index (χ3v) is 3.22. The van der Waals surface area contributed by atoms with Crippen LogP contribution in [0.2, 0.25) is 0 Å². The van der Waals surface area contributed by atoms with Crippen LogP contribution in [-0.2, 0) is 6.18 Å². The second kappa shape index (κ2) is 7.64. The second-order valence-corrected chi connectivity index (χ2v) is 5.10. The van der Waals surface area contributed by atoms with E-state index < -0.39 is 17.9 Å². The average molecular weight is 358 g/mol. The first-order chi connectivity index (χ1) is 12.5. The van der Waals surface area contributed by atoms with E-state index in [0.29, 0.717) is 5.56 Å². The molecule has 3 rings (SSSR count). The van der Waals surface area contributed by atoms with E-state index in [1.54, 1.807) is 24.3 Å². The maximum Gasteiger partial charge on any atom is 0.433 e. The van der Waals surface area contributed by atoms with Crippen LogP contribution in [0.1, 0.15) is 11.3 Å². The molecule has 0 bridgehead atoms. The first kappa shape index (κ1) is 17.4. The van der Waals surface area contributed by atoms with Crippen molar-refractivity contribution in [2.24, 2.45) is 5.10 Å². The van der Waals surface area contributed by atoms with Crippen LogP contribution in [-0.4, -0.2) is 16.2 Å². The SMILES string of the molecule is FC(F)(F)c1ccnc(Oc2ccccc2C=NNc2ccccc2)n1. The highest BCUT2D eigenvalue weighted by Crippen LogP contribution is 2.29. The van der Waals surface area contributed by atoms with Crippen molar-refractivity contribution in [3.63, 3.8) is 0 Å². The van der Waals surface area contributed by atoms with Crippen molar-refractivity contribution >= 4 is 11.9 Å². The van der Waals surface area contributed by atoms with Gasteiger partial charge in [-0.3, -0.25) is 5.43 Å². The van der Waals surface area contributed by atoms with Crippen LogP contribution in [0.3, 0.4) is 0 Å². The van der Waals surface area contributed by atoms with Gasteiger partial charge in [-0.05, 0) is 30.3 Å². The molecule has 26 heavy (non-hydrogen) atoms. The maximum atomic E-state index is 12.7. The summed E-state index contributed by atoms with van der Waals surface area (Å²) in [5.41, 5.74) is 3.12. The Morgan fingerprint density at radius 2 is 1.69 bits per heavy atom. The van der Waals surface area contributed by atoms with Crippen LogP contribution in [0, 0.1) is 0 Å². The van der Waals surface area contributed by atoms with Crippen molar-refractivity contribution in [1.82, 2.24) is 9.97 Å². The molecular formula is C18H13F3N4O. The third kappa shape index (κ3) is 4.56. The molecule has 0 atom stereocenters. The summed E-state index contributed by atoms with van der Waals surface area (Å²) in [6, 6.07) is 16.4. The summed E-state index contributed by atoms with van der Waals surface area (Å²) in [5.74, 6) is 0.283. The molecule has 1 heterocycles. The van der Waals surface area contributed by atoms with Crippen LogP contribution in [0.5, 0.6) is 11.8 Å². The number of anilines is 1. The molecular weight excluding hydrogens is 345 g/mol. The van der Waals surface area contributed by atoms with Crippen LogP contribution in [0.4, 0.5) is 18.9 Å². The Kier molecular flexibility index (Phi) is 5.12. The number of nitrogens with one attached hydrogen (secondary N) is 1. The number of para-hydroxylation sites is 2. The molecule has 1 N–H and O–H groups in total. The molecule has 0 spiro atoms. The molecule has 1 aromatic heterocycles. The molecule has 2 aromatic carbocycles. The van der Waals surface area contributed by atoms with Gasteiger partial charge in [0.25, 0.3) is 0 Å². The molecule has 0 saturated heterocycles. The van der Waals surface area contributed by atoms with Crippen molar-refractivity contribution in [3.05, 3.63) is 78.1 Å². The lowest BCUT2D eigenvalue weighted by Gasteiger charge is -2.09. The van der Waals surface area contributed by atoms with Crippen molar-refractivity contribution in [1.29, 1.82) is 0 Å². The fraction of sp³-hybridized carbons (Fsp3) is 0.0556. The van der Waals surface area contributed by atoms with Gasteiger partial charge in [-0.1, -0.05) is 30.3 Å². The topological polar surface area (TPSA) is 59.4 Å². The predicted octanol–water partition coefficient (Wildman–Crippen LogP) is 4.73. The number of hydrogen-bond donors (Lipinski definition) is 1. The molecule has 0 amide bonds. The minimum Gasteiger partial charge on any atom is -0.424 e. The van der Waals surface area contributed by atoms with E-state index in [2.05, 4.69) is 20.5 Å². The minimum atomic E-state index is -4.57. The van der Waals surface area contributed by atoms with Gasteiger partial charge < -0.3 is 4.74 Å². The van der Waals surface area contributed by atoms with E-state index >= 15 is 0 Å². The fourth-order valence-corrected chi connectivity index (χ4v) is 2.02. The molecule has 0 radical (unpaired) electrons. The molecule has 0 saturated carbocycles. The molecule has 0 fully saturated rings. The van der Waals surface area contributed by atoms with Gasteiger partial charge in [0.15, 0.2) is 5.69 Å². The number of nitrogens with zero attached hydrogens (tertiary/aromatic N) is 3. The summed E-state index contributed by atoms with van der Waals surface area (Å²) in [7, 11) is 0. The molecule has 132 valence electrons. The number of alkyl halides is 3. The molecule has 0 unspecified atom stereocenters. The number of rotatable bonds is 5. The number of ether oxygens (including phenoxy) is 1. The van der Waals surface area contributed by atoms with Crippen LogP contribution < -0.4 is 10.2 Å². The Balaban J connectivity index is 1.77. The Morgan fingerprint density at radius 1 is 0.962 bits per heavy atom. The maximum absolute atomic E-state index is 12.7. The number of halogens is 3. The zero-order valence-electron chi connectivity index (χ0n) is 13.3. The molecule has 0 aliphatic carbocycles. The molecule has 3 aromatic rings. The smallest absolute Gasteiger partial charge is 0.424 e. The lowest BCUT2D eigenvalue weighted by Crippen LogP contribution is -2.09. The molecule has 8 heteroatoms. The van der Waals surface area contributed by atoms with Crippen LogP contribution in [0.25, 0.3) is 0 Å². The van der Waals surface area contributed by atoms with Gasteiger partial charge in [0.05, 0.1) is 11.9 Å². The van der Waals surface area contributed by atoms with E-state index in [1.807, 2.05) is 30.3 Å². The van der Waals surface area contributed by atoms with Crippen LogP contribution >= 0.6 is 0 Å². The van der Waals surface area contributed by atoms with E-state index in [-0.39, 0.29) is 5.75 Å². The van der Waals surface area contributed by atoms with Crippen LogP contribution in [0.15, 0.2) is 72.0 Å². The highest BCUT2D eigenvalue weighted by Gasteiger charge is 2.33. The number of hydrogen-bond acceptors (Lipinski definition) is 5. The monoisotopic (exact) mass is 358 g/mol. The second-order valence-electron chi connectivity index (χ2n) is 5.10. The predicted molar refractivity (Wildman–Crippen MR) is 91.2 cm³/mol. The van der Waals surface area contributed by atoms with Gasteiger partial charge in [0.2, 0.25) is 0 Å². The van der Waals surface area contributed by atoms with Gasteiger partial charge in [-0.15, -0.1) is 0 Å².